The van der Waals surface area contributed by atoms with Crippen molar-refractivity contribution in [1.82, 2.24) is 10.3 Å². The van der Waals surface area contributed by atoms with Gasteiger partial charge in [-0.05, 0) is 11.8 Å². The first kappa shape index (κ1) is 17.4. The summed E-state index contributed by atoms with van der Waals surface area (Å²) >= 11 is 1.45. The maximum atomic E-state index is 11.7. The van der Waals surface area contributed by atoms with Crippen LogP contribution in [0.25, 0.3) is 0 Å². The van der Waals surface area contributed by atoms with Gasteiger partial charge < -0.3 is 14.8 Å². The van der Waals surface area contributed by atoms with Gasteiger partial charge in [-0.25, -0.2) is 14.6 Å². The fourth-order valence-electron chi connectivity index (χ4n) is 1.58. The lowest BCUT2D eigenvalue weighted by atomic mass is 10.1. The largest absolute Gasteiger partial charge is 0.467 e. The summed E-state index contributed by atoms with van der Waals surface area (Å²) in [6.45, 7) is 7.83. The number of methoxy groups -OCH3 is 1. The van der Waals surface area contributed by atoms with Gasteiger partial charge >= 0.3 is 12.1 Å². The number of hydrogen-bond acceptors (Lipinski definition) is 6. The van der Waals surface area contributed by atoms with Gasteiger partial charge in [-0.15, -0.1) is 11.3 Å². The quantitative estimate of drug-likeness (QED) is 0.817. The van der Waals surface area contributed by atoms with E-state index in [9.17, 15) is 9.59 Å². The summed E-state index contributed by atoms with van der Waals surface area (Å²) in [6, 6.07) is -0.718. The van der Waals surface area contributed by atoms with Crippen molar-refractivity contribution in [3.05, 3.63) is 16.1 Å². The van der Waals surface area contributed by atoms with Crippen molar-refractivity contribution in [2.75, 3.05) is 7.11 Å². The van der Waals surface area contributed by atoms with Crippen molar-refractivity contribution in [2.24, 2.45) is 5.92 Å². The highest BCUT2D eigenvalue weighted by atomic mass is 32.1. The first-order valence-corrected chi connectivity index (χ1v) is 7.68. The van der Waals surface area contributed by atoms with Crippen molar-refractivity contribution < 1.29 is 19.1 Å². The molecule has 1 rings (SSSR count). The molecule has 118 valence electrons. The zero-order valence-corrected chi connectivity index (χ0v) is 13.8. The number of carbonyl (C=O) groups excluding carboxylic acids is 2. The third kappa shape index (κ3) is 5.34. The molecule has 0 aromatic carbocycles. The highest BCUT2D eigenvalue weighted by molar-refractivity contribution is 7.09. The van der Waals surface area contributed by atoms with Gasteiger partial charge in [0.15, 0.2) is 0 Å². The molecule has 1 unspecified atom stereocenters. The van der Waals surface area contributed by atoms with Crippen molar-refractivity contribution >= 4 is 23.4 Å². The standard InChI is InChI=1S/C14H22N2O4S/c1-8(2)10-7-21-11(15-10)6-20-14(18)16-12(9(3)4)13(17)19-5/h7-9,12H,6H2,1-5H3,(H,16,18). The number of nitrogens with one attached hydrogen (secondary N) is 1. The van der Waals surface area contributed by atoms with Crippen molar-refractivity contribution in [3.63, 3.8) is 0 Å². The zero-order valence-electron chi connectivity index (χ0n) is 13.0. The fourth-order valence-corrected chi connectivity index (χ4v) is 2.44. The molecule has 1 atom stereocenters. The van der Waals surface area contributed by atoms with E-state index in [0.29, 0.717) is 5.92 Å². The van der Waals surface area contributed by atoms with Crippen molar-refractivity contribution in [2.45, 2.75) is 46.3 Å². The van der Waals surface area contributed by atoms with Crippen LogP contribution in [0.4, 0.5) is 4.79 Å². The summed E-state index contributed by atoms with van der Waals surface area (Å²) in [6.07, 6.45) is -0.652. The van der Waals surface area contributed by atoms with Gasteiger partial charge in [0.2, 0.25) is 0 Å². The third-order valence-electron chi connectivity index (χ3n) is 2.88. The summed E-state index contributed by atoms with van der Waals surface area (Å²) in [5.41, 5.74) is 0.980. The molecule has 0 aliphatic rings. The van der Waals surface area contributed by atoms with E-state index in [1.165, 1.54) is 18.4 Å². The fraction of sp³-hybridized carbons (Fsp3) is 0.643. The molecule has 0 radical (unpaired) electrons. The Labute approximate surface area is 128 Å². The smallest absolute Gasteiger partial charge is 0.408 e. The minimum absolute atomic E-state index is 0.0857. The molecule has 7 heteroatoms. The molecule has 21 heavy (non-hydrogen) atoms. The van der Waals surface area contributed by atoms with Crippen LogP contribution in [0, 0.1) is 5.92 Å². The third-order valence-corrected chi connectivity index (χ3v) is 3.72. The number of ether oxygens (including phenoxy) is 2. The number of nitrogens with zero attached hydrogens (tertiary/aromatic N) is 1. The molecule has 1 aromatic heterocycles. The lowest BCUT2D eigenvalue weighted by Crippen LogP contribution is -2.45. The SMILES string of the molecule is COC(=O)C(NC(=O)OCc1nc(C(C)C)cs1)C(C)C. The van der Waals surface area contributed by atoms with Gasteiger partial charge in [0, 0.05) is 5.38 Å². The van der Waals surface area contributed by atoms with E-state index in [-0.39, 0.29) is 12.5 Å². The molecular formula is C14H22N2O4S. The number of thiazole rings is 1. The van der Waals surface area contributed by atoms with Crippen LogP contribution in [-0.2, 0) is 20.9 Å². The normalized spacial score (nSPS) is 12.3. The molecular weight excluding hydrogens is 292 g/mol. The van der Waals surface area contributed by atoms with Crippen LogP contribution in [0.3, 0.4) is 0 Å². The van der Waals surface area contributed by atoms with Crippen molar-refractivity contribution in [1.29, 1.82) is 0 Å². The summed E-state index contributed by atoms with van der Waals surface area (Å²) in [5, 5.41) is 5.19. The van der Waals surface area contributed by atoms with Crippen LogP contribution in [0.2, 0.25) is 0 Å². The van der Waals surface area contributed by atoms with Crippen LogP contribution in [0.5, 0.6) is 0 Å². The Kier molecular flexibility index (Phi) is 6.61. The molecule has 0 fully saturated rings. The second-order valence-electron chi connectivity index (χ2n) is 5.29. The summed E-state index contributed by atoms with van der Waals surface area (Å²) < 4.78 is 9.73. The molecule has 0 aliphatic carbocycles. The van der Waals surface area contributed by atoms with E-state index in [0.717, 1.165) is 10.7 Å². The van der Waals surface area contributed by atoms with E-state index < -0.39 is 18.1 Å². The van der Waals surface area contributed by atoms with Gasteiger partial charge in [-0.3, -0.25) is 0 Å². The highest BCUT2D eigenvalue weighted by Crippen LogP contribution is 2.18. The number of rotatable bonds is 6. The Bertz CT molecular complexity index is 485. The predicted molar refractivity (Wildman–Crippen MR) is 80.2 cm³/mol. The van der Waals surface area contributed by atoms with Gasteiger partial charge in [0.05, 0.1) is 12.8 Å². The summed E-state index contributed by atoms with van der Waals surface area (Å²) in [4.78, 5) is 27.6. The molecule has 0 spiro atoms. The van der Waals surface area contributed by atoms with E-state index in [1.807, 2.05) is 19.2 Å². The molecule has 0 bridgehead atoms. The maximum Gasteiger partial charge on any atom is 0.408 e. The van der Waals surface area contributed by atoms with E-state index in [4.69, 9.17) is 4.74 Å². The van der Waals surface area contributed by atoms with E-state index in [1.54, 1.807) is 0 Å². The molecule has 1 heterocycles. The number of aromatic nitrogens is 1. The summed E-state index contributed by atoms with van der Waals surface area (Å²) in [5.74, 6) is -0.232. The monoisotopic (exact) mass is 314 g/mol. The van der Waals surface area contributed by atoms with E-state index >= 15 is 0 Å². The first-order valence-electron chi connectivity index (χ1n) is 6.80. The first-order chi connectivity index (χ1) is 9.85. The topological polar surface area (TPSA) is 77.5 Å². The molecule has 0 saturated heterocycles. The van der Waals surface area contributed by atoms with Crippen LogP contribution in [-0.4, -0.2) is 30.2 Å². The Morgan fingerprint density at radius 3 is 2.48 bits per heavy atom. The van der Waals surface area contributed by atoms with Crippen LogP contribution in [0.1, 0.15) is 44.3 Å². The number of carbonyl (C=O) groups is 2. The number of esters is 1. The molecule has 0 aliphatic heterocycles. The van der Waals surface area contributed by atoms with Gasteiger partial charge in [0.25, 0.3) is 0 Å². The molecule has 1 amide bonds. The number of amides is 1. The average molecular weight is 314 g/mol. The van der Waals surface area contributed by atoms with Gasteiger partial charge in [-0.2, -0.15) is 0 Å². The summed E-state index contributed by atoms with van der Waals surface area (Å²) in [7, 11) is 1.29. The van der Waals surface area contributed by atoms with Gasteiger partial charge in [0.1, 0.15) is 17.7 Å². The Morgan fingerprint density at radius 1 is 1.33 bits per heavy atom. The predicted octanol–water partition coefficient (Wildman–Crippen LogP) is 2.69. The molecule has 1 N–H and O–H groups in total. The van der Waals surface area contributed by atoms with Crippen LogP contribution >= 0.6 is 11.3 Å². The second kappa shape index (κ2) is 7.97. The van der Waals surface area contributed by atoms with E-state index in [2.05, 4.69) is 28.9 Å². The number of alkyl carbamates (subject to hydrolysis) is 1. The molecule has 6 nitrogen and oxygen atoms in total. The lowest BCUT2D eigenvalue weighted by Gasteiger charge is -2.19. The maximum absolute atomic E-state index is 11.7. The zero-order chi connectivity index (χ0) is 16.0. The second-order valence-corrected chi connectivity index (χ2v) is 6.23. The lowest BCUT2D eigenvalue weighted by molar-refractivity contribution is -0.144. The Balaban J connectivity index is 2.50. The van der Waals surface area contributed by atoms with Gasteiger partial charge in [-0.1, -0.05) is 27.7 Å². The average Bonchev–Trinajstić information content (AvgIpc) is 2.90. The Hall–Kier alpha value is -1.63. The van der Waals surface area contributed by atoms with Crippen LogP contribution < -0.4 is 5.32 Å². The van der Waals surface area contributed by atoms with Crippen LogP contribution in [0.15, 0.2) is 5.38 Å². The molecule has 1 aromatic rings. The number of hydrogen-bond donors (Lipinski definition) is 1. The Morgan fingerprint density at radius 2 is 2.00 bits per heavy atom. The molecule has 0 saturated carbocycles. The minimum Gasteiger partial charge on any atom is -0.467 e. The highest BCUT2D eigenvalue weighted by Gasteiger charge is 2.25. The minimum atomic E-state index is -0.718. The van der Waals surface area contributed by atoms with Crippen molar-refractivity contribution in [3.8, 4) is 0 Å².